The fraction of sp³-hybridized carbons (Fsp3) is 0.500. The molecule has 142 valence electrons. The van der Waals surface area contributed by atoms with Gasteiger partial charge in [-0.3, -0.25) is 14.3 Å². The largest absolute Gasteiger partial charge is 0.330 e. The molecular formula is C16H22N4O4S2. The average Bonchev–Trinajstić information content (AvgIpc) is 2.99. The summed E-state index contributed by atoms with van der Waals surface area (Å²) in [5.41, 5.74) is -1.33. The van der Waals surface area contributed by atoms with Gasteiger partial charge in [0.25, 0.3) is 5.56 Å². The fourth-order valence-electron chi connectivity index (χ4n) is 3.06. The molecule has 0 spiro atoms. The van der Waals surface area contributed by atoms with Crippen molar-refractivity contribution in [3.05, 3.63) is 49.4 Å². The number of hydrogen-bond acceptors (Lipinski definition) is 6. The quantitative estimate of drug-likeness (QED) is 0.726. The third-order valence-corrected chi connectivity index (χ3v) is 7.28. The molecule has 0 radical (unpaired) electrons. The van der Waals surface area contributed by atoms with E-state index in [1.54, 1.807) is 11.3 Å². The van der Waals surface area contributed by atoms with E-state index in [2.05, 4.69) is 11.0 Å². The predicted octanol–water partition coefficient (Wildman–Crippen LogP) is 0.0421. The summed E-state index contributed by atoms with van der Waals surface area (Å²) >= 11 is 1.68. The van der Waals surface area contributed by atoms with Gasteiger partial charge in [-0.2, -0.15) is 4.31 Å². The standard InChI is InChI=1S/C16H22N4O4S2/c1-17-12-14(15(21)18(2)16(17)22)26(23,24)20-7-4-6-19(8-9-20)11-13-5-3-10-25-13/h3,5,10,12H,4,6-9,11H2,1-2H3. The SMILES string of the molecule is Cn1cc(S(=O)(=O)N2CCCN(Cc3cccs3)CC2)c(=O)n(C)c1=O. The molecule has 1 fully saturated rings. The number of nitrogens with zero attached hydrogens (tertiary/aromatic N) is 4. The molecule has 0 atom stereocenters. The predicted molar refractivity (Wildman–Crippen MR) is 99.9 cm³/mol. The van der Waals surface area contributed by atoms with Crippen molar-refractivity contribution in [2.24, 2.45) is 14.1 Å². The molecule has 0 N–H and O–H groups in total. The first kappa shape index (κ1) is 19.0. The van der Waals surface area contributed by atoms with Crippen molar-refractivity contribution >= 4 is 21.4 Å². The van der Waals surface area contributed by atoms with Crippen LogP contribution < -0.4 is 11.2 Å². The van der Waals surface area contributed by atoms with E-state index in [1.807, 2.05) is 11.4 Å². The van der Waals surface area contributed by atoms with E-state index in [0.29, 0.717) is 26.1 Å². The zero-order valence-electron chi connectivity index (χ0n) is 14.8. The minimum absolute atomic E-state index is 0.319. The van der Waals surface area contributed by atoms with Crippen LogP contribution in [0.5, 0.6) is 0 Å². The van der Waals surface area contributed by atoms with Gasteiger partial charge in [0.1, 0.15) is 0 Å². The van der Waals surface area contributed by atoms with Crippen molar-refractivity contribution in [1.82, 2.24) is 18.3 Å². The van der Waals surface area contributed by atoms with Gasteiger partial charge in [0, 0.05) is 51.3 Å². The number of aromatic nitrogens is 2. The molecule has 0 bridgehead atoms. The molecule has 0 unspecified atom stereocenters. The van der Waals surface area contributed by atoms with Crippen LogP contribution in [0.1, 0.15) is 11.3 Å². The normalized spacial score (nSPS) is 17.3. The Bertz CT molecular complexity index is 992. The summed E-state index contributed by atoms with van der Waals surface area (Å²) in [5.74, 6) is 0. The average molecular weight is 399 g/mol. The van der Waals surface area contributed by atoms with Crippen LogP contribution in [0, 0.1) is 0 Å². The summed E-state index contributed by atoms with van der Waals surface area (Å²) in [5, 5.41) is 2.03. The topological polar surface area (TPSA) is 84.6 Å². The van der Waals surface area contributed by atoms with Gasteiger partial charge in [0.2, 0.25) is 10.0 Å². The summed E-state index contributed by atoms with van der Waals surface area (Å²) in [6, 6.07) is 4.07. The Kier molecular flexibility index (Phi) is 5.47. The van der Waals surface area contributed by atoms with Gasteiger partial charge in [-0.15, -0.1) is 11.3 Å². The van der Waals surface area contributed by atoms with Gasteiger partial charge in [0.15, 0.2) is 4.90 Å². The highest BCUT2D eigenvalue weighted by Gasteiger charge is 2.30. The highest BCUT2D eigenvalue weighted by atomic mass is 32.2. The second kappa shape index (κ2) is 7.47. The number of rotatable bonds is 4. The van der Waals surface area contributed by atoms with Crippen LogP contribution in [0.15, 0.2) is 38.2 Å². The first-order valence-electron chi connectivity index (χ1n) is 8.32. The Balaban J connectivity index is 1.82. The molecule has 0 amide bonds. The molecule has 2 aromatic heterocycles. The molecule has 10 heteroatoms. The van der Waals surface area contributed by atoms with E-state index in [0.717, 1.165) is 28.4 Å². The van der Waals surface area contributed by atoms with Crippen LogP contribution >= 0.6 is 11.3 Å². The molecule has 0 saturated carbocycles. The van der Waals surface area contributed by atoms with Crippen molar-refractivity contribution in [2.45, 2.75) is 17.9 Å². The Hall–Kier alpha value is -1.75. The lowest BCUT2D eigenvalue weighted by molar-refractivity contribution is 0.281. The van der Waals surface area contributed by atoms with Crippen molar-refractivity contribution in [3.63, 3.8) is 0 Å². The fourth-order valence-corrected chi connectivity index (χ4v) is 5.42. The van der Waals surface area contributed by atoms with Gasteiger partial charge in [-0.25, -0.2) is 13.2 Å². The van der Waals surface area contributed by atoms with E-state index in [1.165, 1.54) is 23.3 Å². The first-order chi connectivity index (χ1) is 12.3. The Morgan fingerprint density at radius 1 is 1.12 bits per heavy atom. The molecular weight excluding hydrogens is 376 g/mol. The Morgan fingerprint density at radius 2 is 1.88 bits per heavy atom. The zero-order chi connectivity index (χ0) is 18.9. The molecule has 8 nitrogen and oxygen atoms in total. The maximum atomic E-state index is 13.0. The van der Waals surface area contributed by atoms with Gasteiger partial charge in [0.05, 0.1) is 0 Å². The van der Waals surface area contributed by atoms with Crippen molar-refractivity contribution in [2.75, 3.05) is 26.2 Å². The second-order valence-electron chi connectivity index (χ2n) is 6.36. The second-order valence-corrected chi connectivity index (χ2v) is 9.30. The smallest absolute Gasteiger partial charge is 0.302 e. The molecule has 3 heterocycles. The minimum atomic E-state index is -3.95. The summed E-state index contributed by atoms with van der Waals surface area (Å²) < 4.78 is 29.3. The lowest BCUT2D eigenvalue weighted by Crippen LogP contribution is -2.43. The zero-order valence-corrected chi connectivity index (χ0v) is 16.4. The van der Waals surface area contributed by atoms with E-state index >= 15 is 0 Å². The molecule has 1 aliphatic heterocycles. The number of sulfonamides is 1. The monoisotopic (exact) mass is 398 g/mol. The van der Waals surface area contributed by atoms with Crippen LogP contribution in [-0.4, -0.2) is 52.9 Å². The minimum Gasteiger partial charge on any atom is -0.302 e. The maximum Gasteiger partial charge on any atom is 0.330 e. The molecule has 2 aromatic rings. The highest BCUT2D eigenvalue weighted by molar-refractivity contribution is 7.89. The number of hydrogen-bond donors (Lipinski definition) is 0. The van der Waals surface area contributed by atoms with Gasteiger partial charge >= 0.3 is 5.69 Å². The lowest BCUT2D eigenvalue weighted by atomic mass is 10.3. The van der Waals surface area contributed by atoms with Gasteiger partial charge < -0.3 is 4.57 Å². The number of aryl methyl sites for hydroxylation is 1. The summed E-state index contributed by atoms with van der Waals surface area (Å²) in [6.07, 6.45) is 1.81. The third-order valence-electron chi connectivity index (χ3n) is 4.54. The van der Waals surface area contributed by atoms with Crippen LogP contribution in [-0.2, 0) is 30.7 Å². The molecule has 1 aliphatic rings. The lowest BCUT2D eigenvalue weighted by Gasteiger charge is -2.21. The molecule has 1 saturated heterocycles. The van der Waals surface area contributed by atoms with Crippen LogP contribution in [0.3, 0.4) is 0 Å². The van der Waals surface area contributed by atoms with Crippen LogP contribution in [0.25, 0.3) is 0 Å². The van der Waals surface area contributed by atoms with E-state index < -0.39 is 21.3 Å². The van der Waals surface area contributed by atoms with E-state index in [9.17, 15) is 18.0 Å². The van der Waals surface area contributed by atoms with E-state index in [-0.39, 0.29) is 4.90 Å². The van der Waals surface area contributed by atoms with E-state index in [4.69, 9.17) is 0 Å². The summed E-state index contributed by atoms with van der Waals surface area (Å²) in [7, 11) is -1.22. The Labute approximate surface area is 156 Å². The third kappa shape index (κ3) is 3.68. The molecule has 0 aliphatic carbocycles. The van der Waals surface area contributed by atoms with Crippen molar-refractivity contribution in [3.8, 4) is 0 Å². The molecule has 3 rings (SSSR count). The molecule has 26 heavy (non-hydrogen) atoms. The summed E-state index contributed by atoms with van der Waals surface area (Å²) in [4.78, 5) is 27.2. The molecule has 0 aromatic carbocycles. The first-order valence-corrected chi connectivity index (χ1v) is 10.6. The van der Waals surface area contributed by atoms with Crippen molar-refractivity contribution in [1.29, 1.82) is 0 Å². The maximum absolute atomic E-state index is 13.0. The van der Waals surface area contributed by atoms with Gasteiger partial charge in [-0.05, 0) is 24.4 Å². The van der Waals surface area contributed by atoms with Crippen molar-refractivity contribution < 1.29 is 8.42 Å². The van der Waals surface area contributed by atoms with Crippen LogP contribution in [0.2, 0.25) is 0 Å². The highest BCUT2D eigenvalue weighted by Crippen LogP contribution is 2.17. The Morgan fingerprint density at radius 3 is 2.58 bits per heavy atom. The number of thiophene rings is 1. The van der Waals surface area contributed by atoms with Crippen LogP contribution in [0.4, 0.5) is 0 Å². The van der Waals surface area contributed by atoms with Gasteiger partial charge in [-0.1, -0.05) is 6.07 Å². The summed E-state index contributed by atoms with van der Waals surface area (Å²) in [6.45, 7) is 2.88.